The van der Waals surface area contributed by atoms with Crippen LogP contribution in [-0.2, 0) is 25.7 Å². The number of hydrogen-bond donors (Lipinski definition) is 0. The summed E-state index contributed by atoms with van der Waals surface area (Å²) in [4.78, 5) is 121. The van der Waals surface area contributed by atoms with Crippen molar-refractivity contribution >= 4 is 101 Å². The molecule has 37 heteroatoms. The third kappa shape index (κ3) is 19.8. The first-order valence-electron chi connectivity index (χ1n) is 41.9. The summed E-state index contributed by atoms with van der Waals surface area (Å²) in [5, 5.41) is 15.7. The number of rotatable bonds is 13. The molecular formula is C91H96F4N22O10S. The lowest BCUT2D eigenvalue weighted by molar-refractivity contribution is 0.0493. The van der Waals surface area contributed by atoms with Gasteiger partial charge >= 0.3 is 12.2 Å². The van der Waals surface area contributed by atoms with Crippen LogP contribution in [0.4, 0.5) is 38.7 Å². The zero-order chi connectivity index (χ0) is 90.8. The van der Waals surface area contributed by atoms with Gasteiger partial charge in [-0.05, 0) is 189 Å². The van der Waals surface area contributed by atoms with E-state index in [-0.39, 0.29) is 23.6 Å². The number of alkyl halides is 4. The molecule has 13 aromatic rings. The molecule has 0 aromatic carbocycles. The maximum absolute atomic E-state index is 14.1. The maximum Gasteiger partial charge on any atom is 0.415 e. The summed E-state index contributed by atoms with van der Waals surface area (Å²) in [5.74, 6) is 6.28. The molecule has 13 aromatic heterocycles. The molecule has 0 saturated carbocycles. The molecule has 0 unspecified atom stereocenters. The number of cyclic esters (lactones) is 1. The number of anilines is 2. The van der Waals surface area contributed by atoms with Crippen LogP contribution >= 0.6 is 0 Å². The SMILES string of the molecule is CC1(F)CCN(C(=O)c2cnc3c(ccn3-c3ccc(C#CC(C)(C)S(C)(=O)=O)nc3)c2)CC1.CC1(F)CCN(C(=O)c2cnc3c(ccn3-c3ccc(N4CCOC4=O)nc3)c2)CC1.CCc1nnn(-c2cncc(-n3ccc4cc(C(=O)N5CCC(C)(F)CC5)cnc43)c2)n1.COC(=O)N(C)c1cncc(-n2ccc3cc(C(=O)N4CCC(C)(F)CC4)cnc32)c1. The number of likely N-dealkylation sites (tertiary alicyclic amines) is 4. The minimum atomic E-state index is -3.32. The second-order valence-electron chi connectivity index (χ2n) is 33.9. The summed E-state index contributed by atoms with van der Waals surface area (Å²) in [5.41, 5.74) is 4.64. The van der Waals surface area contributed by atoms with Crippen LogP contribution in [0.5, 0.6) is 0 Å². The number of pyridine rings is 8. The predicted molar refractivity (Wildman–Crippen MR) is 471 cm³/mol. The lowest BCUT2D eigenvalue weighted by atomic mass is 9.95. The topological polar surface area (TPSA) is 341 Å². The average Bonchev–Trinajstić information content (AvgIpc) is 1.64. The Morgan fingerprint density at radius 1 is 0.492 bits per heavy atom. The summed E-state index contributed by atoms with van der Waals surface area (Å²) in [6, 6.07) is 25.6. The molecule has 5 aliphatic rings. The Hall–Kier alpha value is -13.9. The minimum Gasteiger partial charge on any atom is -0.452 e. The van der Waals surface area contributed by atoms with Crippen molar-refractivity contribution in [1.29, 1.82) is 0 Å². The Labute approximate surface area is 734 Å². The molecule has 0 spiro atoms. The molecule has 6 amide bonds. The van der Waals surface area contributed by atoms with Gasteiger partial charge in [-0.1, -0.05) is 12.8 Å². The molecule has 0 aliphatic carbocycles. The van der Waals surface area contributed by atoms with Crippen LogP contribution in [0.1, 0.15) is 153 Å². The molecule has 0 radical (unpaired) electrons. The van der Waals surface area contributed by atoms with Crippen molar-refractivity contribution < 1.29 is 64.2 Å². The number of aromatic nitrogens is 16. The van der Waals surface area contributed by atoms with Gasteiger partial charge in [0.2, 0.25) is 0 Å². The fourth-order valence-corrected chi connectivity index (χ4v) is 15.4. The Bertz CT molecular complexity index is 6530. The molecule has 18 heterocycles. The molecule has 0 N–H and O–H groups in total. The number of ether oxygens (including phenoxy) is 2. The number of halogens is 4. The molecular weight excluding hydrogens is 1670 g/mol. The number of carbonyl (C=O) groups is 6. The number of amides is 6. The van der Waals surface area contributed by atoms with Crippen molar-refractivity contribution in [1.82, 2.24) is 97.9 Å². The highest BCUT2D eigenvalue weighted by molar-refractivity contribution is 7.92. The van der Waals surface area contributed by atoms with Gasteiger partial charge in [-0.25, -0.2) is 65.5 Å². The van der Waals surface area contributed by atoms with Gasteiger partial charge < -0.3 is 29.1 Å². The third-order valence-electron chi connectivity index (χ3n) is 23.8. The average molecular weight is 1770 g/mol. The third-order valence-corrected chi connectivity index (χ3v) is 25.7. The van der Waals surface area contributed by atoms with E-state index in [4.69, 9.17) is 9.47 Å². The molecule has 5 saturated heterocycles. The lowest BCUT2D eigenvalue weighted by Crippen LogP contribution is -2.43. The van der Waals surface area contributed by atoms with E-state index in [0.717, 1.165) is 44.9 Å². The maximum atomic E-state index is 14.1. The summed E-state index contributed by atoms with van der Waals surface area (Å²) >= 11 is 0. The van der Waals surface area contributed by atoms with Gasteiger partial charge in [0.05, 0.1) is 102 Å². The van der Waals surface area contributed by atoms with Gasteiger partial charge in [0.15, 0.2) is 15.7 Å². The van der Waals surface area contributed by atoms with Gasteiger partial charge in [0.1, 0.15) is 73.8 Å². The molecule has 128 heavy (non-hydrogen) atoms. The summed E-state index contributed by atoms with van der Waals surface area (Å²) < 4.78 is 95.8. The van der Waals surface area contributed by atoms with Gasteiger partial charge in [0, 0.05) is 143 Å². The Morgan fingerprint density at radius 2 is 0.875 bits per heavy atom. The zero-order valence-corrected chi connectivity index (χ0v) is 73.3. The van der Waals surface area contributed by atoms with Crippen LogP contribution in [0.2, 0.25) is 0 Å². The van der Waals surface area contributed by atoms with Gasteiger partial charge in [-0.3, -0.25) is 57.2 Å². The number of hydrogen-bond acceptors (Lipinski definition) is 21. The normalized spacial score (nSPS) is 16.5. The minimum absolute atomic E-state index is 0.115. The van der Waals surface area contributed by atoms with E-state index in [1.54, 1.807) is 160 Å². The number of sulfone groups is 1. The van der Waals surface area contributed by atoms with Crippen molar-refractivity contribution in [3.8, 4) is 40.3 Å². The zero-order valence-electron chi connectivity index (χ0n) is 72.4. The van der Waals surface area contributed by atoms with E-state index >= 15 is 0 Å². The highest BCUT2D eigenvalue weighted by Gasteiger charge is 2.37. The van der Waals surface area contributed by atoms with Gasteiger partial charge in [-0.15, -0.1) is 15.0 Å². The lowest BCUT2D eigenvalue weighted by Gasteiger charge is -2.34. The molecule has 664 valence electrons. The fourth-order valence-electron chi connectivity index (χ4n) is 15.1. The first-order valence-corrected chi connectivity index (χ1v) is 43.8. The van der Waals surface area contributed by atoms with Crippen LogP contribution in [-0.4, -0.2) is 256 Å². The second-order valence-corrected chi connectivity index (χ2v) is 36.4. The fraction of sp³-hybridized carbons (Fsp3) is 0.374. The van der Waals surface area contributed by atoms with Crippen molar-refractivity contribution in [2.24, 2.45) is 0 Å². The molecule has 0 atom stereocenters. The van der Waals surface area contributed by atoms with Crippen molar-refractivity contribution in [3.63, 3.8) is 0 Å². The van der Waals surface area contributed by atoms with E-state index in [0.29, 0.717) is 203 Å². The van der Waals surface area contributed by atoms with Crippen molar-refractivity contribution in [2.45, 2.75) is 134 Å². The quantitative estimate of drug-likeness (QED) is 0.0764. The van der Waals surface area contributed by atoms with E-state index in [9.17, 15) is 54.7 Å². The van der Waals surface area contributed by atoms with Gasteiger partial charge in [-0.2, -0.15) is 0 Å². The Kier molecular flexibility index (Phi) is 25.2. The highest BCUT2D eigenvalue weighted by atomic mass is 32.2. The van der Waals surface area contributed by atoms with Gasteiger partial charge in [0.25, 0.3) is 23.6 Å². The van der Waals surface area contributed by atoms with E-state index in [1.165, 1.54) is 21.7 Å². The Morgan fingerprint density at radius 3 is 1.23 bits per heavy atom. The summed E-state index contributed by atoms with van der Waals surface area (Å²) in [6.07, 6.45) is 27.3. The van der Waals surface area contributed by atoms with Crippen LogP contribution in [0.15, 0.2) is 172 Å². The number of methoxy groups -OCH3 is 1. The first-order chi connectivity index (χ1) is 61.0. The van der Waals surface area contributed by atoms with Crippen molar-refractivity contribution in [2.75, 3.05) is 95.7 Å². The molecule has 0 bridgehead atoms. The summed E-state index contributed by atoms with van der Waals surface area (Å²) in [6.45, 7) is 15.5. The number of nitrogens with zero attached hydrogens (tertiary/aromatic N) is 22. The molecule has 5 fully saturated rings. The molecule has 32 nitrogen and oxygen atoms in total. The van der Waals surface area contributed by atoms with Crippen molar-refractivity contribution in [3.05, 3.63) is 205 Å². The number of tetrazole rings is 1. The first kappa shape index (κ1) is 88.9. The standard InChI is InChI=1S/C25H27FN4O3S.C22H23FN8O.C22H22FN5O3.C22H24FN5O3/c1-24(2,34(4,32)33)9-7-20-5-6-21(17-27-20)30-12-8-18-15-19(16-28-22(18)30)23(31)29-13-10-25(3,26)11-14-29;1-3-19-26-28-31(27-19)18-11-17(13-24-14-18)30-7-4-15-10-16(12-25-20(15)30)21(32)29-8-5-22(2,23)6-9-29;1-22(23)5-8-26(9-6-22)20(29)16-12-15-4-7-27(19(15)25-13-16)17-2-3-18(24-14-17)28-10-11-31-21(28)30;1-22(23)5-8-27(9-6-22)20(29)16-10-15-4-7-28(19(15)25-12-16)18-11-17(13-24-14-18)26(2)21(30)31-3/h5-6,8,12,15-17H,10-11,13-14H2,1-4H3;4,7,10-14H,3,5-6,8-9H2,1-2H3;2-4,7,12-14H,5-6,8-11H2,1H3;4,7,10-14H,5-6,8-9H2,1-3H3. The predicted octanol–water partition coefficient (Wildman–Crippen LogP) is 13.4. The number of fused-ring (bicyclic) bond motifs is 4. The monoisotopic (exact) mass is 1760 g/mol. The highest BCUT2D eigenvalue weighted by Crippen LogP contribution is 2.34. The second kappa shape index (κ2) is 36.2. The summed E-state index contributed by atoms with van der Waals surface area (Å²) in [7, 11) is -0.402. The largest absolute Gasteiger partial charge is 0.452 e. The van der Waals surface area contributed by atoms with E-state index in [2.05, 4.69) is 67.1 Å². The van der Waals surface area contributed by atoms with E-state index < -0.39 is 49.4 Å². The van der Waals surface area contributed by atoms with Crippen LogP contribution in [0.3, 0.4) is 0 Å². The van der Waals surface area contributed by atoms with Crippen LogP contribution < -0.4 is 9.80 Å². The Balaban J connectivity index is 0.000000131. The van der Waals surface area contributed by atoms with Crippen LogP contribution in [0, 0.1) is 11.8 Å². The number of carbonyl (C=O) groups excluding carboxylic acids is 6. The number of piperidine rings is 4. The number of aryl methyl sites for hydroxylation is 1. The molecule has 5 aliphatic heterocycles. The molecule has 18 rings (SSSR count). The smallest absolute Gasteiger partial charge is 0.415 e. The van der Waals surface area contributed by atoms with E-state index in [1.807, 2.05) is 105 Å². The van der Waals surface area contributed by atoms with Crippen LogP contribution in [0.25, 0.3) is 72.6 Å².